The van der Waals surface area contributed by atoms with Crippen LogP contribution in [0, 0.1) is 6.92 Å². The number of thioether (sulfide) groups is 1. The minimum absolute atomic E-state index is 0.0241. The number of rotatable bonds is 5. The van der Waals surface area contributed by atoms with Crippen molar-refractivity contribution < 1.29 is 18.0 Å². The van der Waals surface area contributed by atoms with Crippen molar-refractivity contribution in [2.45, 2.75) is 24.8 Å². The van der Waals surface area contributed by atoms with Gasteiger partial charge in [0.2, 0.25) is 5.91 Å². The quantitative estimate of drug-likeness (QED) is 0.608. The molecule has 0 N–H and O–H groups in total. The maximum atomic E-state index is 12.6. The smallest absolute Gasteiger partial charge is 0.341 e. The second kappa shape index (κ2) is 7.65. The molecule has 4 nitrogen and oxygen atoms in total. The monoisotopic (exact) mass is 355 g/mol. The summed E-state index contributed by atoms with van der Waals surface area (Å²) in [7, 11) is 1.65. The molecule has 0 aliphatic carbocycles. The molecule has 0 radical (unpaired) electrons. The number of alkyl halides is 3. The van der Waals surface area contributed by atoms with Crippen molar-refractivity contribution in [2.75, 3.05) is 12.8 Å². The predicted octanol–water partition coefficient (Wildman–Crippen LogP) is 3.55. The average Bonchev–Trinajstić information content (AvgIpc) is 2.54. The lowest BCUT2D eigenvalue weighted by atomic mass is 10.1. The van der Waals surface area contributed by atoms with Gasteiger partial charge < -0.3 is 4.90 Å². The van der Waals surface area contributed by atoms with Gasteiger partial charge in [0.05, 0.1) is 5.75 Å². The van der Waals surface area contributed by atoms with Crippen LogP contribution in [0.15, 0.2) is 41.7 Å². The van der Waals surface area contributed by atoms with E-state index in [0.717, 1.165) is 35.2 Å². The molecule has 0 fully saturated rings. The van der Waals surface area contributed by atoms with Crippen LogP contribution in [0.3, 0.4) is 0 Å². The minimum Gasteiger partial charge on any atom is -0.341 e. The topological polar surface area (TPSA) is 46.1 Å². The maximum Gasteiger partial charge on any atom is 0.433 e. The Balaban J connectivity index is 1.91. The lowest BCUT2D eigenvalue weighted by molar-refractivity contribution is -0.141. The van der Waals surface area contributed by atoms with E-state index in [1.807, 2.05) is 31.2 Å². The van der Waals surface area contributed by atoms with Gasteiger partial charge in [-0.3, -0.25) is 4.79 Å². The summed E-state index contributed by atoms with van der Waals surface area (Å²) in [4.78, 5) is 20.8. The number of benzene rings is 1. The Labute approximate surface area is 142 Å². The molecule has 0 spiro atoms. The van der Waals surface area contributed by atoms with Crippen LogP contribution in [0.2, 0.25) is 0 Å². The number of nitrogens with zero attached hydrogens (tertiary/aromatic N) is 3. The van der Waals surface area contributed by atoms with Crippen LogP contribution in [0.1, 0.15) is 16.8 Å². The lowest BCUT2D eigenvalue weighted by Crippen LogP contribution is -2.27. The van der Waals surface area contributed by atoms with Gasteiger partial charge >= 0.3 is 6.18 Å². The third-order valence-corrected chi connectivity index (χ3v) is 4.06. The Morgan fingerprint density at radius 3 is 2.50 bits per heavy atom. The first-order valence-corrected chi connectivity index (χ1v) is 8.07. The van der Waals surface area contributed by atoms with Gasteiger partial charge in [-0.25, -0.2) is 9.97 Å². The van der Waals surface area contributed by atoms with E-state index in [9.17, 15) is 18.0 Å². The minimum atomic E-state index is -4.52. The molecule has 0 bridgehead atoms. The van der Waals surface area contributed by atoms with Gasteiger partial charge in [0.15, 0.2) is 5.16 Å². The molecule has 1 heterocycles. The van der Waals surface area contributed by atoms with Crippen molar-refractivity contribution in [1.29, 1.82) is 0 Å². The molecule has 2 aromatic rings. The molecule has 0 unspecified atom stereocenters. The summed E-state index contributed by atoms with van der Waals surface area (Å²) in [5, 5.41) is -0.0677. The third-order valence-electron chi connectivity index (χ3n) is 3.21. The van der Waals surface area contributed by atoms with Crippen LogP contribution >= 0.6 is 11.8 Å². The van der Waals surface area contributed by atoms with Crippen LogP contribution in [-0.4, -0.2) is 33.6 Å². The van der Waals surface area contributed by atoms with Crippen LogP contribution < -0.4 is 0 Å². The third kappa shape index (κ3) is 5.23. The van der Waals surface area contributed by atoms with Gasteiger partial charge in [0.1, 0.15) is 5.69 Å². The molecule has 1 amide bonds. The Hall–Kier alpha value is -2.09. The summed E-state index contributed by atoms with van der Waals surface area (Å²) >= 11 is 0.887. The average molecular weight is 355 g/mol. The second-order valence-corrected chi connectivity index (χ2v) is 6.19. The second-order valence-electron chi connectivity index (χ2n) is 5.25. The molecule has 1 aromatic heterocycles. The zero-order valence-electron chi connectivity index (χ0n) is 13.2. The molecule has 24 heavy (non-hydrogen) atoms. The molecule has 0 aliphatic rings. The molecule has 2 rings (SSSR count). The van der Waals surface area contributed by atoms with Crippen LogP contribution in [0.5, 0.6) is 0 Å². The lowest BCUT2D eigenvalue weighted by Gasteiger charge is -2.17. The van der Waals surface area contributed by atoms with Gasteiger partial charge in [-0.1, -0.05) is 41.6 Å². The highest BCUT2D eigenvalue weighted by atomic mass is 32.2. The van der Waals surface area contributed by atoms with Gasteiger partial charge in [-0.2, -0.15) is 13.2 Å². The number of hydrogen-bond donors (Lipinski definition) is 0. The molecule has 1 aromatic carbocycles. The van der Waals surface area contributed by atoms with Crippen molar-refractivity contribution in [1.82, 2.24) is 14.9 Å². The van der Waals surface area contributed by atoms with E-state index in [1.165, 1.54) is 4.90 Å². The van der Waals surface area contributed by atoms with Crippen molar-refractivity contribution in [2.24, 2.45) is 0 Å². The first-order chi connectivity index (χ1) is 11.3. The zero-order chi connectivity index (χ0) is 17.7. The molecule has 0 atom stereocenters. The predicted molar refractivity (Wildman–Crippen MR) is 85.4 cm³/mol. The first-order valence-electron chi connectivity index (χ1n) is 7.08. The fourth-order valence-electron chi connectivity index (χ4n) is 1.86. The molecular formula is C16H16F3N3OS. The summed E-state index contributed by atoms with van der Waals surface area (Å²) in [5.41, 5.74) is 1.10. The molecule has 8 heteroatoms. The number of carbonyl (C=O) groups is 1. The molecule has 0 saturated carbocycles. The van der Waals surface area contributed by atoms with E-state index < -0.39 is 11.9 Å². The standard InChI is InChI=1S/C16H16F3N3OS/c1-11-3-5-12(6-4-11)9-22(2)14(23)10-24-15-20-8-7-13(21-15)16(17,18)19/h3-8H,9-10H2,1-2H3. The van der Waals surface area contributed by atoms with E-state index in [1.54, 1.807) is 7.05 Å². The first kappa shape index (κ1) is 18.3. The van der Waals surface area contributed by atoms with E-state index >= 15 is 0 Å². The fraction of sp³-hybridized carbons (Fsp3) is 0.312. The SMILES string of the molecule is Cc1ccc(CN(C)C(=O)CSc2nccc(C(F)(F)F)n2)cc1. The normalized spacial score (nSPS) is 11.4. The number of aryl methyl sites for hydroxylation is 1. The Morgan fingerprint density at radius 1 is 1.21 bits per heavy atom. The molecule has 128 valence electrons. The summed E-state index contributed by atoms with van der Waals surface area (Å²) in [6.45, 7) is 2.41. The summed E-state index contributed by atoms with van der Waals surface area (Å²) < 4.78 is 37.8. The maximum absolute atomic E-state index is 12.6. The number of aromatic nitrogens is 2. The van der Waals surface area contributed by atoms with E-state index in [4.69, 9.17) is 0 Å². The number of hydrogen-bond acceptors (Lipinski definition) is 4. The molecule has 0 saturated heterocycles. The zero-order valence-corrected chi connectivity index (χ0v) is 14.0. The van der Waals surface area contributed by atoms with E-state index in [-0.39, 0.29) is 16.8 Å². The highest BCUT2D eigenvalue weighted by Crippen LogP contribution is 2.28. The fourth-order valence-corrected chi connectivity index (χ4v) is 2.63. The van der Waals surface area contributed by atoms with Crippen molar-refractivity contribution in [3.8, 4) is 0 Å². The van der Waals surface area contributed by atoms with Gasteiger partial charge in [0, 0.05) is 19.8 Å². The van der Waals surface area contributed by atoms with Gasteiger partial charge in [0.25, 0.3) is 0 Å². The Kier molecular flexibility index (Phi) is 5.82. The highest BCUT2D eigenvalue weighted by Gasteiger charge is 2.32. The van der Waals surface area contributed by atoms with Gasteiger partial charge in [-0.05, 0) is 18.6 Å². The van der Waals surface area contributed by atoms with Crippen molar-refractivity contribution in [3.05, 3.63) is 53.3 Å². The van der Waals surface area contributed by atoms with Crippen LogP contribution in [-0.2, 0) is 17.5 Å². The molecular weight excluding hydrogens is 339 g/mol. The van der Waals surface area contributed by atoms with E-state index in [2.05, 4.69) is 9.97 Å². The Bertz CT molecular complexity index is 704. The van der Waals surface area contributed by atoms with Crippen LogP contribution in [0.4, 0.5) is 13.2 Å². The summed E-state index contributed by atoms with van der Waals surface area (Å²) in [5.74, 6) is -0.231. The summed E-state index contributed by atoms with van der Waals surface area (Å²) in [6, 6.07) is 8.58. The number of amides is 1. The molecule has 0 aliphatic heterocycles. The summed E-state index contributed by atoms with van der Waals surface area (Å²) in [6.07, 6.45) is -3.48. The van der Waals surface area contributed by atoms with Crippen LogP contribution in [0.25, 0.3) is 0 Å². The Morgan fingerprint density at radius 2 is 1.88 bits per heavy atom. The largest absolute Gasteiger partial charge is 0.433 e. The number of halogens is 3. The van der Waals surface area contributed by atoms with Crippen molar-refractivity contribution >= 4 is 17.7 Å². The highest BCUT2D eigenvalue weighted by molar-refractivity contribution is 7.99. The number of carbonyl (C=O) groups excluding carboxylic acids is 1. The van der Waals surface area contributed by atoms with Crippen molar-refractivity contribution in [3.63, 3.8) is 0 Å². The van der Waals surface area contributed by atoms with Gasteiger partial charge in [-0.15, -0.1) is 0 Å². The van der Waals surface area contributed by atoms with E-state index in [0.29, 0.717) is 6.54 Å².